The van der Waals surface area contributed by atoms with Crippen molar-refractivity contribution >= 4 is 16.2 Å². The second-order valence-corrected chi connectivity index (χ2v) is 9.07. The fourth-order valence-corrected chi connectivity index (χ4v) is 5.00. The summed E-state index contributed by atoms with van der Waals surface area (Å²) in [6.45, 7) is 2.12. The Bertz CT molecular complexity index is 1200. The zero-order valence-corrected chi connectivity index (χ0v) is 19.4. The lowest BCUT2D eigenvalue weighted by Gasteiger charge is -2.09. The first-order valence-electron chi connectivity index (χ1n) is 11.3. The number of fused-ring (bicyclic) bond motifs is 1. The molecule has 1 saturated carbocycles. The number of aliphatic hydroxyl groups is 2. The van der Waals surface area contributed by atoms with E-state index in [1.807, 2.05) is 34.9 Å². The Kier molecular flexibility index (Phi) is 7.16. The Balaban J connectivity index is 1.18. The molecule has 3 aromatic heterocycles. The summed E-state index contributed by atoms with van der Waals surface area (Å²) in [7, 11) is 0. The molecule has 0 bridgehead atoms. The van der Waals surface area contributed by atoms with Gasteiger partial charge in [-0.25, -0.2) is 9.67 Å². The van der Waals surface area contributed by atoms with Crippen molar-refractivity contribution in [2.24, 2.45) is 0 Å². The van der Waals surface area contributed by atoms with Crippen molar-refractivity contribution in [3.8, 4) is 11.4 Å². The van der Waals surface area contributed by atoms with Gasteiger partial charge in [0, 0.05) is 4.88 Å². The van der Waals surface area contributed by atoms with Crippen LogP contribution < -0.4 is 4.74 Å². The number of thiazole rings is 1. The number of benzene rings is 1. The van der Waals surface area contributed by atoms with E-state index in [1.165, 1.54) is 4.88 Å². The van der Waals surface area contributed by atoms with Gasteiger partial charge in [0.05, 0.1) is 56.8 Å². The van der Waals surface area contributed by atoms with Gasteiger partial charge in [0.1, 0.15) is 35.3 Å². The highest BCUT2D eigenvalue weighted by molar-refractivity contribution is 7.17. The number of aromatic nitrogens is 5. The van der Waals surface area contributed by atoms with Gasteiger partial charge in [-0.1, -0.05) is 5.21 Å². The minimum atomic E-state index is -0.871. The predicted molar refractivity (Wildman–Crippen MR) is 125 cm³/mol. The Morgan fingerprint density at radius 3 is 2.59 bits per heavy atom. The molecule has 0 amide bonds. The fraction of sp³-hybridized carbons (Fsp3) is 0.435. The van der Waals surface area contributed by atoms with Crippen LogP contribution in [-0.2, 0) is 9.47 Å². The van der Waals surface area contributed by atoms with Gasteiger partial charge in [0.25, 0.3) is 0 Å². The molecule has 11 heteroatoms. The molecule has 1 atom stereocenters. The zero-order valence-electron chi connectivity index (χ0n) is 18.6. The quantitative estimate of drug-likeness (QED) is 0.277. The van der Waals surface area contributed by atoms with Gasteiger partial charge < -0.3 is 24.4 Å². The van der Waals surface area contributed by atoms with Crippen molar-refractivity contribution in [2.75, 3.05) is 39.6 Å². The van der Waals surface area contributed by atoms with Crippen molar-refractivity contribution < 1.29 is 24.4 Å². The van der Waals surface area contributed by atoms with Gasteiger partial charge in [-0.15, -0.1) is 16.4 Å². The predicted octanol–water partition coefficient (Wildman–Crippen LogP) is 2.34. The maximum Gasteiger partial charge on any atom is 0.141 e. The van der Waals surface area contributed by atoms with Crippen LogP contribution in [0.2, 0.25) is 0 Å². The van der Waals surface area contributed by atoms with Gasteiger partial charge in [-0.05, 0) is 43.0 Å². The lowest BCUT2D eigenvalue weighted by atomic mass is 10.1. The van der Waals surface area contributed by atoms with E-state index in [4.69, 9.17) is 19.3 Å². The van der Waals surface area contributed by atoms with Crippen LogP contribution in [0, 0.1) is 0 Å². The van der Waals surface area contributed by atoms with Crippen LogP contribution in [0.5, 0.6) is 5.75 Å². The van der Waals surface area contributed by atoms with Gasteiger partial charge >= 0.3 is 0 Å². The molecule has 0 saturated heterocycles. The van der Waals surface area contributed by atoms with E-state index in [0.717, 1.165) is 34.8 Å². The Labute approximate surface area is 200 Å². The molecule has 2 N–H and O–H groups in total. The summed E-state index contributed by atoms with van der Waals surface area (Å²) >= 11 is 1.69. The maximum atomic E-state index is 11.2. The summed E-state index contributed by atoms with van der Waals surface area (Å²) in [5, 5.41) is 28.3. The number of rotatable bonds is 13. The second kappa shape index (κ2) is 10.6. The molecule has 0 radical (unpaired) electrons. The fourth-order valence-electron chi connectivity index (χ4n) is 3.70. The number of aliphatic hydroxyl groups excluding tert-OH is 2. The minimum absolute atomic E-state index is 0.0144. The van der Waals surface area contributed by atoms with Crippen molar-refractivity contribution in [3.05, 3.63) is 59.3 Å². The number of ether oxygens (including phenoxy) is 3. The molecule has 180 valence electrons. The molecule has 4 aromatic rings. The Morgan fingerprint density at radius 2 is 1.82 bits per heavy atom. The molecule has 1 aromatic carbocycles. The number of imidazole rings is 1. The van der Waals surface area contributed by atoms with E-state index in [2.05, 4.69) is 15.3 Å². The van der Waals surface area contributed by atoms with E-state index in [-0.39, 0.29) is 6.61 Å². The van der Waals surface area contributed by atoms with Crippen molar-refractivity contribution in [2.45, 2.75) is 24.9 Å². The molecule has 34 heavy (non-hydrogen) atoms. The largest absolute Gasteiger partial charge is 0.491 e. The standard InChI is InChI=1S/C23H27N5O5S/c29-7-8-31-9-10-32-11-12-33-18-5-3-17(4-6-18)28-14-19(25-26-28)22(30)21-23(16-1-2-16)34-20-13-24-15-27(20)21/h3-6,13-16,22,29-30H,1-2,7-12H2. The first-order chi connectivity index (χ1) is 16.7. The summed E-state index contributed by atoms with van der Waals surface area (Å²) in [4.78, 5) is 6.45. The van der Waals surface area contributed by atoms with Crippen LogP contribution in [0.25, 0.3) is 10.5 Å². The monoisotopic (exact) mass is 485 g/mol. The molecule has 1 fully saturated rings. The van der Waals surface area contributed by atoms with Gasteiger partial charge in [-0.2, -0.15) is 0 Å². The van der Waals surface area contributed by atoms with E-state index >= 15 is 0 Å². The highest BCUT2D eigenvalue weighted by Gasteiger charge is 2.33. The highest BCUT2D eigenvalue weighted by atomic mass is 32.1. The van der Waals surface area contributed by atoms with Crippen LogP contribution in [0.3, 0.4) is 0 Å². The average molecular weight is 486 g/mol. The number of hydrogen-bond donors (Lipinski definition) is 2. The summed E-state index contributed by atoms with van der Waals surface area (Å²) in [5.41, 5.74) is 2.16. The zero-order chi connectivity index (χ0) is 23.3. The minimum Gasteiger partial charge on any atom is -0.491 e. The summed E-state index contributed by atoms with van der Waals surface area (Å²) in [5.74, 6) is 1.24. The first kappa shape index (κ1) is 22.9. The topological polar surface area (TPSA) is 116 Å². The van der Waals surface area contributed by atoms with Crippen LogP contribution in [0.15, 0.2) is 43.0 Å². The molecule has 1 unspecified atom stereocenters. The third kappa shape index (κ3) is 5.13. The molecular weight excluding hydrogens is 458 g/mol. The molecule has 0 spiro atoms. The lowest BCUT2D eigenvalue weighted by molar-refractivity contribution is 0.0247. The maximum absolute atomic E-state index is 11.2. The van der Waals surface area contributed by atoms with Crippen LogP contribution >= 0.6 is 11.3 Å². The Morgan fingerprint density at radius 1 is 1.06 bits per heavy atom. The summed E-state index contributed by atoms with van der Waals surface area (Å²) < 4.78 is 19.8. The van der Waals surface area contributed by atoms with Crippen LogP contribution in [0.1, 0.15) is 41.1 Å². The van der Waals surface area contributed by atoms with Crippen molar-refractivity contribution in [1.29, 1.82) is 0 Å². The van der Waals surface area contributed by atoms with E-state index < -0.39 is 6.10 Å². The molecule has 1 aliphatic rings. The molecular formula is C23H27N5O5S. The number of hydrogen-bond acceptors (Lipinski definition) is 9. The van der Waals surface area contributed by atoms with Crippen LogP contribution in [-0.4, -0.2) is 74.2 Å². The van der Waals surface area contributed by atoms with E-state index in [0.29, 0.717) is 44.6 Å². The van der Waals surface area contributed by atoms with Crippen molar-refractivity contribution in [1.82, 2.24) is 24.4 Å². The van der Waals surface area contributed by atoms with Gasteiger partial charge in [0.15, 0.2) is 0 Å². The highest BCUT2D eigenvalue weighted by Crippen LogP contribution is 2.47. The molecule has 10 nitrogen and oxygen atoms in total. The third-order valence-corrected chi connectivity index (χ3v) is 6.81. The molecule has 3 heterocycles. The second-order valence-electron chi connectivity index (χ2n) is 8.01. The number of nitrogens with zero attached hydrogens (tertiary/aromatic N) is 5. The van der Waals surface area contributed by atoms with Gasteiger partial charge in [-0.3, -0.25) is 4.40 Å². The molecule has 0 aliphatic heterocycles. The summed E-state index contributed by atoms with van der Waals surface area (Å²) in [6, 6.07) is 7.49. The molecule has 5 rings (SSSR count). The lowest BCUT2D eigenvalue weighted by Crippen LogP contribution is -2.11. The third-order valence-electron chi connectivity index (χ3n) is 5.53. The first-order valence-corrected chi connectivity index (χ1v) is 12.1. The SMILES string of the molecule is OCCOCCOCCOc1ccc(-n2cc(C(O)c3c(C4CC4)sc4cncn34)nn2)cc1. The Hall–Kier alpha value is -2.83. The normalized spacial score (nSPS) is 14.6. The van der Waals surface area contributed by atoms with Crippen molar-refractivity contribution in [3.63, 3.8) is 0 Å². The van der Waals surface area contributed by atoms with Gasteiger partial charge in [0.2, 0.25) is 0 Å². The summed E-state index contributed by atoms with van der Waals surface area (Å²) in [6.07, 6.45) is 6.77. The van der Waals surface area contributed by atoms with E-state index in [9.17, 15) is 5.11 Å². The molecule has 1 aliphatic carbocycles. The van der Waals surface area contributed by atoms with Crippen LogP contribution in [0.4, 0.5) is 0 Å². The smallest absolute Gasteiger partial charge is 0.141 e. The van der Waals surface area contributed by atoms with E-state index in [1.54, 1.807) is 28.5 Å². The average Bonchev–Trinajstić information content (AvgIpc) is 3.25.